The molecule has 1 nitrogen and oxygen atoms in total. The third-order valence-corrected chi connectivity index (χ3v) is 4.33. The van der Waals surface area contributed by atoms with E-state index in [4.69, 9.17) is 0 Å². The molecule has 1 aliphatic rings. The smallest absolute Gasteiger partial charge is 0.137 e. The van der Waals surface area contributed by atoms with E-state index in [0.29, 0.717) is 10.5 Å². The molecule has 1 saturated heterocycles. The Hall–Kier alpha value is -0.220. The molecule has 4 heteroatoms. The fourth-order valence-electron chi connectivity index (χ4n) is 1.67. The van der Waals surface area contributed by atoms with E-state index >= 15 is 0 Å². The van der Waals surface area contributed by atoms with Crippen LogP contribution in [0.5, 0.6) is 0 Å². The first-order chi connectivity index (χ1) is 7.16. The van der Waals surface area contributed by atoms with Gasteiger partial charge in [-0.2, -0.15) is 11.8 Å². The summed E-state index contributed by atoms with van der Waals surface area (Å²) >= 11 is 5.18. The molecular formula is C11H13BrFNS. The molecule has 0 spiro atoms. The summed E-state index contributed by atoms with van der Waals surface area (Å²) in [5.74, 6) is 2.17. The van der Waals surface area contributed by atoms with Gasteiger partial charge in [-0.1, -0.05) is 0 Å². The number of halogens is 2. The van der Waals surface area contributed by atoms with E-state index in [0.717, 1.165) is 17.0 Å². The van der Waals surface area contributed by atoms with Crippen LogP contribution in [0, 0.1) is 12.7 Å². The molecule has 1 unspecified atom stereocenters. The predicted molar refractivity (Wildman–Crippen MR) is 68.2 cm³/mol. The quantitative estimate of drug-likeness (QED) is 0.888. The highest BCUT2D eigenvalue weighted by Gasteiger charge is 2.16. The SMILES string of the molecule is Cc1cc(F)c(Br)cc1NC1CCSC1. The molecule has 1 atom stereocenters. The second kappa shape index (κ2) is 4.74. The minimum Gasteiger partial charge on any atom is -0.381 e. The van der Waals surface area contributed by atoms with Crippen molar-refractivity contribution in [2.75, 3.05) is 16.8 Å². The molecule has 0 saturated carbocycles. The predicted octanol–water partition coefficient (Wildman–Crippen LogP) is 3.81. The summed E-state index contributed by atoms with van der Waals surface area (Å²) in [5.41, 5.74) is 2.00. The lowest BCUT2D eigenvalue weighted by Gasteiger charge is -2.15. The van der Waals surface area contributed by atoms with E-state index in [-0.39, 0.29) is 5.82 Å². The Morgan fingerprint density at radius 1 is 1.53 bits per heavy atom. The molecular weight excluding hydrogens is 277 g/mol. The number of thioether (sulfide) groups is 1. The molecule has 0 aliphatic carbocycles. The molecule has 0 bridgehead atoms. The van der Waals surface area contributed by atoms with Gasteiger partial charge in [0.05, 0.1) is 4.47 Å². The van der Waals surface area contributed by atoms with Gasteiger partial charge in [-0.3, -0.25) is 0 Å². The van der Waals surface area contributed by atoms with Crippen molar-refractivity contribution < 1.29 is 4.39 Å². The molecule has 0 radical (unpaired) electrons. The van der Waals surface area contributed by atoms with Crippen molar-refractivity contribution in [1.29, 1.82) is 0 Å². The molecule has 1 heterocycles. The summed E-state index contributed by atoms with van der Waals surface area (Å²) in [7, 11) is 0. The van der Waals surface area contributed by atoms with Crippen molar-refractivity contribution in [3.05, 3.63) is 28.0 Å². The van der Waals surface area contributed by atoms with Crippen LogP contribution in [0.15, 0.2) is 16.6 Å². The van der Waals surface area contributed by atoms with Crippen molar-refractivity contribution in [3.63, 3.8) is 0 Å². The monoisotopic (exact) mass is 289 g/mol. The molecule has 0 aromatic heterocycles. The van der Waals surface area contributed by atoms with Gasteiger partial charge in [-0.25, -0.2) is 4.39 Å². The van der Waals surface area contributed by atoms with E-state index in [1.54, 1.807) is 6.07 Å². The van der Waals surface area contributed by atoms with Gasteiger partial charge >= 0.3 is 0 Å². The van der Waals surface area contributed by atoms with Gasteiger partial charge in [-0.15, -0.1) is 0 Å². The van der Waals surface area contributed by atoms with Gasteiger partial charge in [0.2, 0.25) is 0 Å². The van der Waals surface area contributed by atoms with Crippen LogP contribution in [-0.4, -0.2) is 17.5 Å². The standard InChI is InChI=1S/C11H13BrFNS/c1-7-4-10(13)9(12)5-11(7)14-8-2-3-15-6-8/h4-5,8,14H,2-3,6H2,1H3. The lowest BCUT2D eigenvalue weighted by molar-refractivity contribution is 0.620. The number of rotatable bonds is 2. The van der Waals surface area contributed by atoms with Crippen molar-refractivity contribution >= 4 is 33.4 Å². The molecule has 0 amide bonds. The maximum absolute atomic E-state index is 13.2. The van der Waals surface area contributed by atoms with Gasteiger partial charge in [0, 0.05) is 17.5 Å². The van der Waals surface area contributed by atoms with Gasteiger partial charge in [0.15, 0.2) is 0 Å². The molecule has 1 aliphatic heterocycles. The number of aryl methyl sites for hydroxylation is 1. The maximum atomic E-state index is 13.2. The maximum Gasteiger partial charge on any atom is 0.137 e. The first kappa shape index (κ1) is 11.3. The van der Waals surface area contributed by atoms with Crippen LogP contribution in [0.25, 0.3) is 0 Å². The Morgan fingerprint density at radius 3 is 3.00 bits per heavy atom. The van der Waals surface area contributed by atoms with Crippen molar-refractivity contribution in [2.24, 2.45) is 0 Å². The van der Waals surface area contributed by atoms with E-state index in [9.17, 15) is 4.39 Å². The molecule has 1 fully saturated rings. The highest BCUT2D eigenvalue weighted by Crippen LogP contribution is 2.27. The van der Waals surface area contributed by atoms with E-state index in [2.05, 4.69) is 21.2 Å². The first-order valence-electron chi connectivity index (χ1n) is 4.97. The second-order valence-electron chi connectivity index (χ2n) is 3.79. The Labute approximate surface area is 102 Å². The van der Waals surface area contributed by atoms with Gasteiger partial charge in [0.1, 0.15) is 5.82 Å². The van der Waals surface area contributed by atoms with Gasteiger partial charge in [0.25, 0.3) is 0 Å². The molecule has 2 rings (SSSR count). The molecule has 15 heavy (non-hydrogen) atoms. The summed E-state index contributed by atoms with van der Waals surface area (Å²) < 4.78 is 13.7. The third-order valence-electron chi connectivity index (χ3n) is 2.56. The summed E-state index contributed by atoms with van der Waals surface area (Å²) in [6.07, 6.45) is 1.19. The molecule has 1 N–H and O–H groups in total. The van der Waals surface area contributed by atoms with E-state index < -0.39 is 0 Å². The Bertz CT molecular complexity index is 364. The van der Waals surface area contributed by atoms with Crippen LogP contribution < -0.4 is 5.32 Å². The Balaban J connectivity index is 2.16. The summed E-state index contributed by atoms with van der Waals surface area (Å²) in [6.45, 7) is 1.93. The fourth-order valence-corrected chi connectivity index (χ4v) is 3.17. The molecule has 1 aromatic carbocycles. The van der Waals surface area contributed by atoms with Crippen molar-refractivity contribution in [2.45, 2.75) is 19.4 Å². The number of nitrogens with one attached hydrogen (secondary N) is 1. The van der Waals surface area contributed by atoms with E-state index in [1.165, 1.54) is 12.2 Å². The largest absolute Gasteiger partial charge is 0.381 e. The minimum atomic E-state index is -0.196. The van der Waals surface area contributed by atoms with Crippen LogP contribution in [-0.2, 0) is 0 Å². The van der Waals surface area contributed by atoms with E-state index in [1.807, 2.05) is 24.8 Å². The zero-order chi connectivity index (χ0) is 10.8. The highest BCUT2D eigenvalue weighted by atomic mass is 79.9. The summed E-state index contributed by atoms with van der Waals surface area (Å²) in [5, 5.41) is 3.46. The fraction of sp³-hybridized carbons (Fsp3) is 0.455. The van der Waals surface area contributed by atoms with Crippen molar-refractivity contribution in [3.8, 4) is 0 Å². The third kappa shape index (κ3) is 2.67. The summed E-state index contributed by atoms with van der Waals surface area (Å²) in [6, 6.07) is 3.92. The molecule has 1 aromatic rings. The Morgan fingerprint density at radius 2 is 2.33 bits per heavy atom. The average molecular weight is 290 g/mol. The number of benzene rings is 1. The van der Waals surface area contributed by atoms with Crippen LogP contribution in [0.4, 0.5) is 10.1 Å². The van der Waals surface area contributed by atoms with Crippen LogP contribution in [0.2, 0.25) is 0 Å². The second-order valence-corrected chi connectivity index (χ2v) is 5.79. The highest BCUT2D eigenvalue weighted by molar-refractivity contribution is 9.10. The van der Waals surface area contributed by atoms with Gasteiger partial charge < -0.3 is 5.32 Å². The normalized spacial score (nSPS) is 20.6. The van der Waals surface area contributed by atoms with Crippen molar-refractivity contribution in [1.82, 2.24) is 0 Å². The Kier molecular flexibility index (Phi) is 3.57. The first-order valence-corrected chi connectivity index (χ1v) is 6.91. The number of hydrogen-bond acceptors (Lipinski definition) is 2. The average Bonchev–Trinajstić information content (AvgIpc) is 2.67. The summed E-state index contributed by atoms with van der Waals surface area (Å²) in [4.78, 5) is 0. The number of hydrogen-bond donors (Lipinski definition) is 1. The minimum absolute atomic E-state index is 0.196. The zero-order valence-electron chi connectivity index (χ0n) is 8.52. The zero-order valence-corrected chi connectivity index (χ0v) is 10.9. The van der Waals surface area contributed by atoms with Crippen LogP contribution in [0.1, 0.15) is 12.0 Å². The molecule has 82 valence electrons. The van der Waals surface area contributed by atoms with Crippen LogP contribution in [0.3, 0.4) is 0 Å². The van der Waals surface area contributed by atoms with Crippen LogP contribution >= 0.6 is 27.7 Å². The number of anilines is 1. The lowest BCUT2D eigenvalue weighted by atomic mass is 10.1. The topological polar surface area (TPSA) is 12.0 Å². The lowest BCUT2D eigenvalue weighted by Crippen LogP contribution is -2.18. The van der Waals surface area contributed by atoms with Gasteiger partial charge in [-0.05, 0) is 52.7 Å².